The Morgan fingerprint density at radius 2 is 0.933 bits per heavy atom. The van der Waals surface area contributed by atoms with E-state index in [0.717, 1.165) is 0 Å². The average Bonchev–Trinajstić information content (AvgIpc) is 2.48. The van der Waals surface area contributed by atoms with Gasteiger partial charge in [0.15, 0.2) is 6.67 Å². The summed E-state index contributed by atoms with van der Waals surface area (Å²) in [5, 5.41) is 0. The van der Waals surface area contributed by atoms with Gasteiger partial charge in [0.05, 0.1) is 0 Å². The summed E-state index contributed by atoms with van der Waals surface area (Å²) < 4.78 is 228. The third-order valence-corrected chi connectivity index (χ3v) is 3.01. The molecule has 0 saturated carbocycles. The summed E-state index contributed by atoms with van der Waals surface area (Å²) in [7, 11) is 0. The van der Waals surface area contributed by atoms with Crippen LogP contribution < -0.4 is 0 Å². The zero-order chi connectivity index (χ0) is 25.0. The second-order valence-electron chi connectivity index (χ2n) is 5.11. The minimum atomic E-state index is -8.00. The molecule has 1 atom stereocenters. The Bertz CT molecular complexity index is 627. The highest BCUT2D eigenvalue weighted by molar-refractivity contribution is 5.96. The second-order valence-corrected chi connectivity index (χ2v) is 5.11. The lowest BCUT2D eigenvalue weighted by Crippen LogP contribution is -2.70. The minimum absolute atomic E-state index is 1.33. The van der Waals surface area contributed by atoms with E-state index in [-0.39, 0.29) is 0 Å². The molecule has 0 saturated heterocycles. The van der Waals surface area contributed by atoms with Crippen molar-refractivity contribution in [2.75, 3.05) is 6.67 Å². The van der Waals surface area contributed by atoms with E-state index in [1.807, 2.05) is 0 Å². The first-order chi connectivity index (χ1) is 12.7. The first-order valence-electron chi connectivity index (χ1n) is 6.20. The van der Waals surface area contributed by atoms with Gasteiger partial charge in [-0.2, -0.15) is 70.2 Å². The zero-order valence-corrected chi connectivity index (χ0v) is 12.8. The lowest BCUT2D eigenvalue weighted by molar-refractivity contribution is -0.463. The number of ketones is 1. The van der Waals surface area contributed by atoms with E-state index in [1.54, 1.807) is 0 Å². The van der Waals surface area contributed by atoms with Crippen molar-refractivity contribution in [3.63, 3.8) is 0 Å². The van der Waals surface area contributed by atoms with Gasteiger partial charge in [0, 0.05) is 0 Å². The van der Waals surface area contributed by atoms with E-state index in [9.17, 15) is 83.8 Å². The molecule has 0 bridgehead atoms. The number of halogens is 18. The Balaban J connectivity index is 6.86. The van der Waals surface area contributed by atoms with E-state index >= 15 is 0 Å². The van der Waals surface area contributed by atoms with Crippen LogP contribution in [0.5, 0.6) is 0 Å². The van der Waals surface area contributed by atoms with Crippen LogP contribution in [-0.2, 0) is 9.53 Å². The number of hydrogen-bond acceptors (Lipinski definition) is 2. The van der Waals surface area contributed by atoms with E-state index < -0.39 is 60.5 Å². The molecular weight excluding hydrogens is 494 g/mol. The third-order valence-electron chi connectivity index (χ3n) is 3.01. The summed E-state index contributed by atoms with van der Waals surface area (Å²) in [4.78, 5) is 10.9. The number of rotatable bonds is 7. The summed E-state index contributed by atoms with van der Waals surface area (Å²) in [6.45, 7) is -3.85. The van der Waals surface area contributed by atoms with Crippen LogP contribution in [0.15, 0.2) is 0 Å². The number of alkyl halides is 18. The van der Waals surface area contributed by atoms with Crippen LogP contribution in [-0.4, -0.2) is 60.5 Å². The molecule has 1 unspecified atom stereocenters. The van der Waals surface area contributed by atoms with Gasteiger partial charge in [0.1, 0.15) is 0 Å². The monoisotopic (exact) mass is 496 g/mol. The quantitative estimate of drug-likeness (QED) is 0.438. The Kier molecular flexibility index (Phi) is 6.82. The highest BCUT2D eigenvalue weighted by Gasteiger charge is 2.87. The molecule has 0 aliphatic carbocycles. The Hall–Kier alpha value is -1.63. The number of ether oxygens (including phenoxy) is 1. The van der Waals surface area contributed by atoms with Gasteiger partial charge < -0.3 is 0 Å². The van der Waals surface area contributed by atoms with Crippen molar-refractivity contribution in [1.82, 2.24) is 0 Å². The first kappa shape index (κ1) is 28.4. The van der Waals surface area contributed by atoms with Crippen molar-refractivity contribution in [1.29, 1.82) is 0 Å². The summed E-state index contributed by atoms with van der Waals surface area (Å²) >= 11 is 0. The Labute approximate surface area is 150 Å². The molecule has 0 aliphatic heterocycles. The molecule has 0 aromatic heterocycles. The van der Waals surface area contributed by atoms with Gasteiger partial charge in [-0.15, -0.1) is 0 Å². The van der Waals surface area contributed by atoms with Gasteiger partial charge in [-0.05, 0) is 0 Å². The lowest BCUT2D eigenvalue weighted by atomic mass is 9.92. The Morgan fingerprint density at radius 1 is 0.600 bits per heavy atom. The third kappa shape index (κ3) is 4.10. The molecule has 0 spiro atoms. The molecule has 0 aliphatic rings. The summed E-state index contributed by atoms with van der Waals surface area (Å²) in [6.07, 6.45) is -31.5. The van der Waals surface area contributed by atoms with Crippen molar-refractivity contribution >= 4 is 5.78 Å². The molecular formula is C10H2F18O2. The Morgan fingerprint density at radius 3 is 1.17 bits per heavy atom. The zero-order valence-electron chi connectivity index (χ0n) is 12.8. The fourth-order valence-corrected chi connectivity index (χ4v) is 1.41. The molecule has 0 heterocycles. The smallest absolute Gasteiger partial charge is 0.288 e. The minimum Gasteiger partial charge on any atom is -0.288 e. The molecule has 20 heteroatoms. The van der Waals surface area contributed by atoms with Gasteiger partial charge in [-0.1, -0.05) is 0 Å². The van der Waals surface area contributed by atoms with E-state index in [0.29, 0.717) is 0 Å². The molecule has 0 fully saturated rings. The number of carbonyl (C=O) groups excluding carboxylic acids is 1. The topological polar surface area (TPSA) is 26.3 Å². The van der Waals surface area contributed by atoms with Crippen molar-refractivity contribution < 1.29 is 88.6 Å². The van der Waals surface area contributed by atoms with Crippen LogP contribution in [0.3, 0.4) is 0 Å². The van der Waals surface area contributed by atoms with E-state index in [2.05, 4.69) is 0 Å². The molecule has 0 radical (unpaired) electrons. The molecule has 30 heavy (non-hydrogen) atoms. The maximum absolute atomic E-state index is 13.7. The highest BCUT2D eigenvalue weighted by atomic mass is 19.4. The number of Topliss-reactive ketones (excluding diaryl/α,β-unsaturated/α-hetero) is 1. The van der Waals surface area contributed by atoms with Crippen LogP contribution in [0, 0.1) is 0 Å². The van der Waals surface area contributed by atoms with Gasteiger partial charge in [0.2, 0.25) is 0 Å². The van der Waals surface area contributed by atoms with Gasteiger partial charge in [-0.25, -0.2) is 8.78 Å². The van der Waals surface area contributed by atoms with Crippen molar-refractivity contribution in [2.24, 2.45) is 0 Å². The summed E-state index contributed by atoms with van der Waals surface area (Å²) in [5.74, 6) is -28.0. The lowest BCUT2D eigenvalue weighted by Gasteiger charge is -2.38. The van der Waals surface area contributed by atoms with Gasteiger partial charge in [-0.3, -0.25) is 9.53 Å². The van der Waals surface area contributed by atoms with Crippen LogP contribution >= 0.6 is 0 Å². The average molecular weight is 496 g/mol. The molecule has 0 aromatic carbocycles. The standard InChI is InChI=1S/C10H2F18O2/c11-1-3(12,13)6(16,17)10(27,28)30-5(15,9(24,25)26)2(29)4(14,7(18,19)20)8(21,22)23/h1H2. The fraction of sp³-hybridized carbons (Fsp3) is 0.900. The fourth-order valence-electron chi connectivity index (χ4n) is 1.41. The molecule has 0 amide bonds. The van der Waals surface area contributed by atoms with Gasteiger partial charge in [0.25, 0.3) is 5.78 Å². The van der Waals surface area contributed by atoms with E-state index in [1.165, 1.54) is 4.74 Å². The SMILES string of the molecule is O=C(C(F)(OC(F)(F)C(F)(F)C(F)(F)CF)C(F)(F)F)C(F)(C(F)(F)F)C(F)(F)F. The molecule has 0 N–H and O–H groups in total. The summed E-state index contributed by atoms with van der Waals surface area (Å²) in [5.41, 5.74) is -8.00. The molecule has 2 nitrogen and oxygen atoms in total. The van der Waals surface area contributed by atoms with Gasteiger partial charge >= 0.3 is 48.0 Å². The molecule has 180 valence electrons. The summed E-state index contributed by atoms with van der Waals surface area (Å²) in [6, 6.07) is 0. The first-order valence-corrected chi connectivity index (χ1v) is 6.20. The van der Waals surface area contributed by atoms with Crippen molar-refractivity contribution in [3.05, 3.63) is 0 Å². The van der Waals surface area contributed by atoms with Crippen LogP contribution in [0.1, 0.15) is 0 Å². The highest BCUT2D eigenvalue weighted by Crippen LogP contribution is 2.55. The maximum Gasteiger partial charge on any atom is 0.456 e. The normalized spacial score (nSPS) is 17.7. The largest absolute Gasteiger partial charge is 0.456 e. The maximum atomic E-state index is 13.7. The molecule has 0 rings (SSSR count). The van der Waals surface area contributed by atoms with Crippen molar-refractivity contribution in [3.8, 4) is 0 Å². The second kappa shape index (κ2) is 7.21. The van der Waals surface area contributed by atoms with Crippen molar-refractivity contribution in [2.45, 2.75) is 48.0 Å². The predicted molar refractivity (Wildman–Crippen MR) is 52.8 cm³/mol. The predicted octanol–water partition coefficient (Wildman–Crippen LogP) is 5.47. The van der Waals surface area contributed by atoms with E-state index in [4.69, 9.17) is 0 Å². The molecule has 0 aromatic rings. The van der Waals surface area contributed by atoms with Crippen LogP contribution in [0.2, 0.25) is 0 Å². The number of carbonyl (C=O) groups is 1. The van der Waals surface area contributed by atoms with Crippen LogP contribution in [0.25, 0.3) is 0 Å². The van der Waals surface area contributed by atoms with Crippen LogP contribution in [0.4, 0.5) is 79.0 Å². The number of hydrogen-bond donors (Lipinski definition) is 0.